The molecule has 0 saturated heterocycles. The summed E-state index contributed by atoms with van der Waals surface area (Å²) in [5.41, 5.74) is 5.46. The maximum absolute atomic E-state index is 12.2. The predicted octanol–water partition coefficient (Wildman–Crippen LogP) is 0.193. The highest BCUT2D eigenvalue weighted by atomic mass is 16.4. The first-order chi connectivity index (χ1) is 9.81. The van der Waals surface area contributed by atoms with Crippen LogP contribution in [0, 0.1) is 11.8 Å². The Morgan fingerprint density at radius 2 is 1.86 bits per heavy atom. The van der Waals surface area contributed by atoms with Gasteiger partial charge in [0.1, 0.15) is 0 Å². The highest BCUT2D eigenvalue weighted by molar-refractivity contribution is 5.86. The summed E-state index contributed by atoms with van der Waals surface area (Å²) in [7, 11) is 0. The van der Waals surface area contributed by atoms with E-state index in [4.69, 9.17) is 10.8 Å². The molecule has 0 heterocycles. The topological polar surface area (TPSA) is 122 Å². The van der Waals surface area contributed by atoms with Crippen molar-refractivity contribution < 1.29 is 19.5 Å². The third-order valence-corrected chi connectivity index (χ3v) is 3.90. The number of hydrogen-bond donors (Lipinski definition) is 4. The van der Waals surface area contributed by atoms with Gasteiger partial charge in [-0.2, -0.15) is 0 Å². The van der Waals surface area contributed by atoms with Crippen molar-refractivity contribution in [3.8, 4) is 0 Å². The Kier molecular flexibility index (Phi) is 6.61. The van der Waals surface area contributed by atoms with E-state index in [9.17, 15) is 14.4 Å². The highest BCUT2D eigenvalue weighted by Crippen LogP contribution is 2.29. The molecule has 7 nitrogen and oxygen atoms in total. The quantitative estimate of drug-likeness (QED) is 0.522. The van der Waals surface area contributed by atoms with E-state index in [1.54, 1.807) is 6.92 Å². The fourth-order valence-electron chi connectivity index (χ4n) is 2.66. The summed E-state index contributed by atoms with van der Waals surface area (Å²) < 4.78 is 0. The molecule has 0 aromatic heterocycles. The molecule has 1 aliphatic carbocycles. The van der Waals surface area contributed by atoms with E-state index in [0.717, 1.165) is 25.7 Å². The molecule has 7 heteroatoms. The van der Waals surface area contributed by atoms with Gasteiger partial charge in [-0.05, 0) is 25.7 Å². The lowest BCUT2D eigenvalue weighted by Crippen LogP contribution is -2.53. The van der Waals surface area contributed by atoms with Crippen LogP contribution in [-0.2, 0) is 14.4 Å². The van der Waals surface area contributed by atoms with E-state index in [1.807, 2.05) is 0 Å². The first-order valence-electron chi connectivity index (χ1n) is 7.39. The molecular weight excluding hydrogens is 274 g/mol. The van der Waals surface area contributed by atoms with Crippen molar-refractivity contribution in [1.29, 1.82) is 0 Å². The van der Waals surface area contributed by atoms with E-state index < -0.39 is 30.5 Å². The molecule has 1 aliphatic rings. The molecule has 1 fully saturated rings. The average molecular weight is 299 g/mol. The lowest BCUT2D eigenvalue weighted by Gasteiger charge is -2.29. The molecule has 21 heavy (non-hydrogen) atoms. The molecule has 2 unspecified atom stereocenters. The minimum Gasteiger partial charge on any atom is -0.481 e. The molecule has 1 rings (SSSR count). The number of carbonyl (C=O) groups is 3. The zero-order valence-electron chi connectivity index (χ0n) is 12.6. The van der Waals surface area contributed by atoms with Crippen molar-refractivity contribution >= 4 is 17.8 Å². The lowest BCUT2D eigenvalue weighted by atomic mass is 9.80. The minimum absolute atomic E-state index is 0.0224. The van der Waals surface area contributed by atoms with Crippen LogP contribution in [0.2, 0.25) is 0 Å². The van der Waals surface area contributed by atoms with Crippen molar-refractivity contribution in [3.63, 3.8) is 0 Å². The van der Waals surface area contributed by atoms with Gasteiger partial charge in [-0.3, -0.25) is 14.4 Å². The van der Waals surface area contributed by atoms with Crippen LogP contribution in [0.3, 0.4) is 0 Å². The number of aliphatic carboxylic acids is 1. The van der Waals surface area contributed by atoms with Crippen molar-refractivity contribution in [2.24, 2.45) is 17.6 Å². The summed E-state index contributed by atoms with van der Waals surface area (Å²) in [6, 6.07) is -1.12. The number of amides is 2. The Hall–Kier alpha value is -1.63. The number of carboxylic acid groups (broad SMARTS) is 1. The van der Waals surface area contributed by atoms with E-state index in [2.05, 4.69) is 17.6 Å². The Morgan fingerprint density at radius 1 is 1.24 bits per heavy atom. The van der Waals surface area contributed by atoms with Gasteiger partial charge in [0.2, 0.25) is 11.8 Å². The molecule has 0 bridgehead atoms. The van der Waals surface area contributed by atoms with Crippen LogP contribution in [0.25, 0.3) is 0 Å². The first kappa shape index (κ1) is 17.4. The number of carbonyl (C=O) groups excluding carboxylic acids is 2. The molecule has 0 radical (unpaired) electrons. The van der Waals surface area contributed by atoms with E-state index >= 15 is 0 Å². The molecular formula is C14H25N3O4. The van der Waals surface area contributed by atoms with Gasteiger partial charge in [0.15, 0.2) is 0 Å². The summed E-state index contributed by atoms with van der Waals surface area (Å²) in [5, 5.41) is 13.8. The van der Waals surface area contributed by atoms with Crippen LogP contribution in [0.4, 0.5) is 0 Å². The van der Waals surface area contributed by atoms with Gasteiger partial charge in [-0.25, -0.2) is 0 Å². The smallest absolute Gasteiger partial charge is 0.305 e. The summed E-state index contributed by atoms with van der Waals surface area (Å²) in [6.45, 7) is 3.70. The minimum atomic E-state index is -1.13. The Labute approximate surface area is 124 Å². The van der Waals surface area contributed by atoms with Gasteiger partial charge in [-0.1, -0.05) is 19.8 Å². The van der Waals surface area contributed by atoms with E-state index in [-0.39, 0.29) is 11.8 Å². The van der Waals surface area contributed by atoms with Gasteiger partial charge in [0.05, 0.1) is 18.6 Å². The van der Waals surface area contributed by atoms with Crippen molar-refractivity contribution in [2.75, 3.05) is 0 Å². The molecule has 4 atom stereocenters. The van der Waals surface area contributed by atoms with Gasteiger partial charge < -0.3 is 21.5 Å². The third kappa shape index (κ3) is 5.71. The Morgan fingerprint density at radius 3 is 2.43 bits per heavy atom. The molecule has 0 aliphatic heterocycles. The number of carboxylic acids is 1. The Balaban J connectivity index is 2.41. The molecule has 5 N–H and O–H groups in total. The van der Waals surface area contributed by atoms with Crippen molar-refractivity contribution in [3.05, 3.63) is 0 Å². The maximum atomic E-state index is 12.2. The van der Waals surface area contributed by atoms with Crippen LogP contribution >= 0.6 is 0 Å². The second-order valence-corrected chi connectivity index (χ2v) is 5.81. The monoisotopic (exact) mass is 299 g/mol. The summed E-state index contributed by atoms with van der Waals surface area (Å²) >= 11 is 0. The predicted molar refractivity (Wildman–Crippen MR) is 77.1 cm³/mol. The Bertz CT molecular complexity index is 400. The standard InChI is InChI=1S/C14H25N3O4/c1-8-5-3-4-6-10(8)13(20)16-9(2)17-14(21)11(15)7-12(18)19/h8-11H,3-7,15H2,1-2H3,(H,16,20)(H,17,21)(H,18,19)/t8?,9-,10?,11+/m1/s1. The van der Waals surface area contributed by atoms with Crippen LogP contribution in [0.15, 0.2) is 0 Å². The lowest BCUT2D eigenvalue weighted by molar-refractivity contribution is -0.139. The summed E-state index contributed by atoms with van der Waals surface area (Å²) in [5.74, 6) is -1.46. The molecule has 0 aromatic carbocycles. The van der Waals surface area contributed by atoms with Gasteiger partial charge >= 0.3 is 5.97 Å². The van der Waals surface area contributed by atoms with Crippen molar-refractivity contribution in [1.82, 2.24) is 10.6 Å². The fraction of sp³-hybridized carbons (Fsp3) is 0.786. The van der Waals surface area contributed by atoms with Crippen LogP contribution in [0.5, 0.6) is 0 Å². The fourth-order valence-corrected chi connectivity index (χ4v) is 2.66. The van der Waals surface area contributed by atoms with Crippen LogP contribution in [0.1, 0.15) is 46.0 Å². The number of nitrogens with one attached hydrogen (secondary N) is 2. The maximum Gasteiger partial charge on any atom is 0.305 e. The molecule has 1 saturated carbocycles. The third-order valence-electron chi connectivity index (χ3n) is 3.90. The normalized spacial score (nSPS) is 24.7. The van der Waals surface area contributed by atoms with Gasteiger partial charge in [0.25, 0.3) is 0 Å². The highest BCUT2D eigenvalue weighted by Gasteiger charge is 2.28. The first-order valence-corrected chi connectivity index (χ1v) is 7.39. The van der Waals surface area contributed by atoms with E-state index in [0.29, 0.717) is 5.92 Å². The molecule has 0 aromatic rings. The second kappa shape index (κ2) is 7.97. The van der Waals surface area contributed by atoms with Crippen LogP contribution < -0.4 is 16.4 Å². The number of nitrogens with two attached hydrogens (primary N) is 1. The summed E-state index contributed by atoms with van der Waals surface area (Å²) in [6.07, 6.45) is 3.10. The summed E-state index contributed by atoms with van der Waals surface area (Å²) in [4.78, 5) is 34.3. The van der Waals surface area contributed by atoms with Crippen LogP contribution in [-0.4, -0.2) is 35.1 Å². The molecule has 0 spiro atoms. The second-order valence-electron chi connectivity index (χ2n) is 5.81. The SMILES string of the molecule is CC1CCCCC1C(=O)N[C@@H](C)NC(=O)[C@@H](N)CC(=O)O. The average Bonchev–Trinajstić information content (AvgIpc) is 2.37. The largest absolute Gasteiger partial charge is 0.481 e. The molecule has 120 valence electrons. The van der Waals surface area contributed by atoms with Gasteiger partial charge in [-0.15, -0.1) is 0 Å². The van der Waals surface area contributed by atoms with Gasteiger partial charge in [0, 0.05) is 5.92 Å². The van der Waals surface area contributed by atoms with Crippen molar-refractivity contribution in [2.45, 2.75) is 58.2 Å². The number of rotatable bonds is 6. The molecule has 2 amide bonds. The zero-order chi connectivity index (χ0) is 16.0. The number of hydrogen-bond acceptors (Lipinski definition) is 4. The van der Waals surface area contributed by atoms with E-state index in [1.165, 1.54) is 0 Å². The zero-order valence-corrected chi connectivity index (χ0v) is 12.6.